The number of aliphatic hydroxyl groups is 1. The highest BCUT2D eigenvalue weighted by Crippen LogP contribution is 2.30. The van der Waals surface area contributed by atoms with E-state index in [2.05, 4.69) is 5.10 Å². The van der Waals surface area contributed by atoms with Gasteiger partial charge in [-0.15, -0.1) is 0 Å². The van der Waals surface area contributed by atoms with E-state index in [0.717, 1.165) is 23.5 Å². The van der Waals surface area contributed by atoms with Gasteiger partial charge in [-0.1, -0.05) is 12.1 Å². The Balaban J connectivity index is 2.13. The van der Waals surface area contributed by atoms with Gasteiger partial charge in [-0.05, 0) is 37.6 Å². The molecule has 0 fully saturated rings. The van der Waals surface area contributed by atoms with Crippen molar-refractivity contribution in [3.63, 3.8) is 0 Å². The second kappa shape index (κ2) is 5.28. The van der Waals surface area contributed by atoms with Gasteiger partial charge in [-0.2, -0.15) is 18.3 Å². The third-order valence-corrected chi connectivity index (χ3v) is 3.07. The van der Waals surface area contributed by atoms with Crippen molar-refractivity contribution in [3.05, 3.63) is 52.8 Å². The van der Waals surface area contributed by atoms with Crippen molar-refractivity contribution < 1.29 is 18.3 Å². The first kappa shape index (κ1) is 14.6. The van der Waals surface area contributed by atoms with Crippen molar-refractivity contribution in [2.75, 3.05) is 0 Å². The number of benzene rings is 1. The normalized spacial score (nSPS) is 13.5. The standard InChI is InChI=1S/C14H15F3N2O/c1-9-7-10(2)19(18-9)8-13(20)11-3-5-12(6-4-11)14(15,16)17/h3-7,13,20H,8H2,1-2H3. The number of aliphatic hydroxyl groups excluding tert-OH is 1. The minimum absolute atomic E-state index is 0.213. The van der Waals surface area contributed by atoms with Crippen LogP contribution in [0.4, 0.5) is 13.2 Å². The molecule has 0 radical (unpaired) electrons. The first-order valence-electron chi connectivity index (χ1n) is 6.13. The average Bonchev–Trinajstić information content (AvgIpc) is 2.67. The number of alkyl halides is 3. The van der Waals surface area contributed by atoms with Crippen LogP contribution in [0.15, 0.2) is 30.3 Å². The van der Waals surface area contributed by atoms with Crippen LogP contribution < -0.4 is 0 Å². The summed E-state index contributed by atoms with van der Waals surface area (Å²) in [5.74, 6) is 0. The SMILES string of the molecule is Cc1cc(C)n(CC(O)c2ccc(C(F)(F)F)cc2)n1. The van der Waals surface area contributed by atoms with E-state index in [1.165, 1.54) is 12.1 Å². The van der Waals surface area contributed by atoms with Crippen LogP contribution in [0.3, 0.4) is 0 Å². The smallest absolute Gasteiger partial charge is 0.386 e. The fourth-order valence-electron chi connectivity index (χ4n) is 2.02. The molecule has 6 heteroatoms. The summed E-state index contributed by atoms with van der Waals surface area (Å²) in [6, 6.07) is 6.40. The summed E-state index contributed by atoms with van der Waals surface area (Å²) in [5, 5.41) is 14.3. The van der Waals surface area contributed by atoms with E-state index in [1.54, 1.807) is 4.68 Å². The van der Waals surface area contributed by atoms with Crippen molar-refractivity contribution in [1.29, 1.82) is 0 Å². The summed E-state index contributed by atoms with van der Waals surface area (Å²) in [4.78, 5) is 0. The quantitative estimate of drug-likeness (QED) is 0.939. The Morgan fingerprint density at radius 1 is 1.20 bits per heavy atom. The Bertz CT molecular complexity index is 587. The van der Waals surface area contributed by atoms with Crippen molar-refractivity contribution in [3.8, 4) is 0 Å². The van der Waals surface area contributed by atoms with Gasteiger partial charge in [-0.25, -0.2) is 0 Å². The molecule has 0 aliphatic rings. The summed E-state index contributed by atoms with van der Waals surface area (Å²) in [6.07, 6.45) is -5.26. The third kappa shape index (κ3) is 3.19. The van der Waals surface area contributed by atoms with Gasteiger partial charge in [-0.3, -0.25) is 4.68 Å². The predicted octanol–water partition coefficient (Wildman–Crippen LogP) is 3.25. The molecule has 20 heavy (non-hydrogen) atoms. The van der Waals surface area contributed by atoms with Gasteiger partial charge in [0.05, 0.1) is 23.9 Å². The van der Waals surface area contributed by atoms with Gasteiger partial charge in [0.2, 0.25) is 0 Å². The van der Waals surface area contributed by atoms with Crippen molar-refractivity contribution >= 4 is 0 Å². The molecule has 0 saturated carbocycles. The Hall–Kier alpha value is -1.82. The molecule has 1 unspecified atom stereocenters. The molecule has 0 amide bonds. The van der Waals surface area contributed by atoms with Crippen LogP contribution in [-0.2, 0) is 12.7 Å². The maximum atomic E-state index is 12.4. The van der Waals surface area contributed by atoms with E-state index in [1.807, 2.05) is 19.9 Å². The molecule has 2 rings (SSSR count). The summed E-state index contributed by atoms with van der Waals surface area (Å²) < 4.78 is 39.0. The molecule has 2 aromatic rings. The lowest BCUT2D eigenvalue weighted by molar-refractivity contribution is -0.137. The van der Waals surface area contributed by atoms with E-state index in [0.29, 0.717) is 5.56 Å². The van der Waals surface area contributed by atoms with Crippen LogP contribution >= 0.6 is 0 Å². The first-order valence-corrected chi connectivity index (χ1v) is 6.13. The summed E-state index contributed by atoms with van der Waals surface area (Å²) >= 11 is 0. The van der Waals surface area contributed by atoms with E-state index < -0.39 is 17.8 Å². The summed E-state index contributed by atoms with van der Waals surface area (Å²) in [6.45, 7) is 3.92. The van der Waals surface area contributed by atoms with Gasteiger partial charge in [0.1, 0.15) is 0 Å². The van der Waals surface area contributed by atoms with Crippen LogP contribution in [0.1, 0.15) is 28.6 Å². The number of halogens is 3. The Morgan fingerprint density at radius 2 is 1.80 bits per heavy atom. The third-order valence-electron chi connectivity index (χ3n) is 3.07. The van der Waals surface area contributed by atoms with Crippen LogP contribution in [0, 0.1) is 13.8 Å². The number of hydrogen-bond acceptors (Lipinski definition) is 2. The van der Waals surface area contributed by atoms with E-state index in [-0.39, 0.29) is 6.54 Å². The summed E-state index contributed by atoms with van der Waals surface area (Å²) in [7, 11) is 0. The largest absolute Gasteiger partial charge is 0.416 e. The molecule has 1 heterocycles. The van der Waals surface area contributed by atoms with E-state index >= 15 is 0 Å². The Morgan fingerprint density at radius 3 is 2.25 bits per heavy atom. The molecular formula is C14H15F3N2O. The minimum atomic E-state index is -4.36. The molecule has 1 aromatic heterocycles. The summed E-state index contributed by atoms with van der Waals surface area (Å²) in [5.41, 5.74) is 1.45. The number of aryl methyl sites for hydroxylation is 2. The topological polar surface area (TPSA) is 38.0 Å². The maximum Gasteiger partial charge on any atom is 0.416 e. The van der Waals surface area contributed by atoms with E-state index in [4.69, 9.17) is 0 Å². The van der Waals surface area contributed by atoms with Crippen LogP contribution in [0.25, 0.3) is 0 Å². The zero-order valence-corrected chi connectivity index (χ0v) is 11.1. The molecular weight excluding hydrogens is 269 g/mol. The van der Waals surface area contributed by atoms with Crippen molar-refractivity contribution in [2.24, 2.45) is 0 Å². The highest BCUT2D eigenvalue weighted by atomic mass is 19.4. The zero-order valence-electron chi connectivity index (χ0n) is 11.1. The molecule has 0 bridgehead atoms. The number of aromatic nitrogens is 2. The number of hydrogen-bond donors (Lipinski definition) is 1. The predicted molar refractivity (Wildman–Crippen MR) is 68.1 cm³/mol. The van der Waals surface area contributed by atoms with Crippen molar-refractivity contribution in [2.45, 2.75) is 32.7 Å². The fraction of sp³-hybridized carbons (Fsp3) is 0.357. The number of nitrogens with zero attached hydrogens (tertiary/aromatic N) is 2. The minimum Gasteiger partial charge on any atom is -0.386 e. The fourth-order valence-corrected chi connectivity index (χ4v) is 2.02. The van der Waals surface area contributed by atoms with E-state index in [9.17, 15) is 18.3 Å². The highest BCUT2D eigenvalue weighted by Gasteiger charge is 2.30. The molecule has 1 N–H and O–H groups in total. The van der Waals surface area contributed by atoms with Crippen LogP contribution in [0.2, 0.25) is 0 Å². The molecule has 3 nitrogen and oxygen atoms in total. The molecule has 0 spiro atoms. The molecule has 108 valence electrons. The molecule has 0 saturated heterocycles. The first-order chi connectivity index (χ1) is 9.27. The maximum absolute atomic E-state index is 12.4. The van der Waals surface area contributed by atoms with Crippen molar-refractivity contribution in [1.82, 2.24) is 9.78 Å². The molecule has 0 aliphatic carbocycles. The van der Waals surface area contributed by atoms with Gasteiger partial charge in [0.15, 0.2) is 0 Å². The van der Waals surface area contributed by atoms with Gasteiger partial charge in [0.25, 0.3) is 0 Å². The zero-order chi connectivity index (χ0) is 14.9. The highest BCUT2D eigenvalue weighted by molar-refractivity contribution is 5.26. The Labute approximate surface area is 114 Å². The molecule has 1 aromatic carbocycles. The van der Waals surface area contributed by atoms with Crippen LogP contribution in [0.5, 0.6) is 0 Å². The van der Waals surface area contributed by atoms with Gasteiger partial charge < -0.3 is 5.11 Å². The lowest BCUT2D eigenvalue weighted by atomic mass is 10.1. The average molecular weight is 284 g/mol. The molecule has 1 atom stereocenters. The Kier molecular flexibility index (Phi) is 3.85. The van der Waals surface area contributed by atoms with Gasteiger partial charge in [0, 0.05) is 5.69 Å². The number of rotatable bonds is 3. The van der Waals surface area contributed by atoms with Crippen LogP contribution in [-0.4, -0.2) is 14.9 Å². The lowest BCUT2D eigenvalue weighted by Gasteiger charge is -2.14. The van der Waals surface area contributed by atoms with Gasteiger partial charge >= 0.3 is 6.18 Å². The second-order valence-electron chi connectivity index (χ2n) is 4.74. The monoisotopic (exact) mass is 284 g/mol. The molecule has 0 aliphatic heterocycles. The lowest BCUT2D eigenvalue weighted by Crippen LogP contribution is -2.12. The second-order valence-corrected chi connectivity index (χ2v) is 4.74.